The van der Waals surface area contributed by atoms with Crippen molar-refractivity contribution in [1.29, 1.82) is 0 Å². The van der Waals surface area contributed by atoms with Crippen molar-refractivity contribution < 1.29 is 23.7 Å². The second-order valence-corrected chi connectivity index (χ2v) is 5.78. The Hall–Kier alpha value is -2.69. The molecule has 5 heteroatoms. The molecule has 0 aliphatic carbocycles. The molecule has 2 aromatic carbocycles. The molecule has 2 aromatic rings. The Morgan fingerprint density at radius 2 is 1.28 bits per heavy atom. The van der Waals surface area contributed by atoms with E-state index in [1.807, 2.05) is 13.0 Å². The molecule has 5 nitrogen and oxygen atoms in total. The van der Waals surface area contributed by atoms with Gasteiger partial charge < -0.3 is 18.9 Å². The molecule has 0 atom stereocenters. The summed E-state index contributed by atoms with van der Waals surface area (Å²) in [5.41, 5.74) is 4.58. The highest BCUT2D eigenvalue weighted by atomic mass is 16.5. The van der Waals surface area contributed by atoms with Crippen LogP contribution in [0.2, 0.25) is 0 Å². The Kier molecular flexibility index (Phi) is 5.91. The zero-order valence-electron chi connectivity index (χ0n) is 15.6. The van der Waals surface area contributed by atoms with Gasteiger partial charge in [-0.1, -0.05) is 6.07 Å². The number of aryl methyl sites for hydroxylation is 2. The van der Waals surface area contributed by atoms with Gasteiger partial charge in [-0.05, 0) is 48.2 Å². The molecule has 0 unspecified atom stereocenters. The second kappa shape index (κ2) is 7.92. The highest BCUT2D eigenvalue weighted by Gasteiger charge is 2.19. The molecule has 0 radical (unpaired) electrons. The fourth-order valence-corrected chi connectivity index (χ4v) is 2.76. The van der Waals surface area contributed by atoms with Crippen LogP contribution < -0.4 is 14.2 Å². The number of hydrogen-bond acceptors (Lipinski definition) is 5. The van der Waals surface area contributed by atoms with E-state index in [-0.39, 0.29) is 0 Å². The van der Waals surface area contributed by atoms with Gasteiger partial charge in [0.15, 0.2) is 0 Å². The highest BCUT2D eigenvalue weighted by Crippen LogP contribution is 2.33. The zero-order valence-corrected chi connectivity index (χ0v) is 15.6. The third kappa shape index (κ3) is 3.87. The quantitative estimate of drug-likeness (QED) is 0.748. The molecule has 25 heavy (non-hydrogen) atoms. The number of carbonyl (C=O) groups excluding carboxylic acids is 1. The smallest absolute Gasteiger partial charge is 0.341 e. The molecule has 0 fully saturated rings. The number of carbonyl (C=O) groups is 1. The Morgan fingerprint density at radius 1 is 0.760 bits per heavy atom. The van der Waals surface area contributed by atoms with Crippen molar-refractivity contribution in [2.75, 3.05) is 28.4 Å². The van der Waals surface area contributed by atoms with Gasteiger partial charge in [0.1, 0.15) is 22.8 Å². The van der Waals surface area contributed by atoms with Gasteiger partial charge in [-0.2, -0.15) is 0 Å². The summed E-state index contributed by atoms with van der Waals surface area (Å²) in [6, 6.07) is 7.56. The lowest BCUT2D eigenvalue weighted by molar-refractivity contribution is 0.0597. The molecular formula is C20H24O5. The van der Waals surface area contributed by atoms with Crippen LogP contribution in [0.4, 0.5) is 0 Å². The number of methoxy groups -OCH3 is 4. The lowest BCUT2D eigenvalue weighted by Crippen LogP contribution is -2.07. The van der Waals surface area contributed by atoms with Crippen LogP contribution in [0.25, 0.3) is 0 Å². The topological polar surface area (TPSA) is 54.0 Å². The fourth-order valence-electron chi connectivity index (χ4n) is 2.76. The highest BCUT2D eigenvalue weighted by molar-refractivity contribution is 5.93. The summed E-state index contributed by atoms with van der Waals surface area (Å²) in [6.07, 6.45) is 0.557. The van der Waals surface area contributed by atoms with Crippen LogP contribution in [0.1, 0.15) is 32.6 Å². The maximum absolute atomic E-state index is 12.1. The lowest BCUT2D eigenvalue weighted by Gasteiger charge is -2.16. The van der Waals surface area contributed by atoms with E-state index in [4.69, 9.17) is 18.9 Å². The van der Waals surface area contributed by atoms with Gasteiger partial charge in [-0.25, -0.2) is 4.79 Å². The summed E-state index contributed by atoms with van der Waals surface area (Å²) in [5.74, 6) is 1.41. The normalized spacial score (nSPS) is 10.3. The van der Waals surface area contributed by atoms with Gasteiger partial charge in [0.2, 0.25) is 0 Å². The first-order valence-electron chi connectivity index (χ1n) is 7.92. The molecule has 0 aliphatic heterocycles. The van der Waals surface area contributed by atoms with Crippen molar-refractivity contribution in [2.45, 2.75) is 20.3 Å². The SMILES string of the molecule is COC(=O)c1cc(Cc2cc(C)c(C)cc2OC)c(OC)cc1OC. The first kappa shape index (κ1) is 18.6. The molecule has 0 spiro atoms. The summed E-state index contributed by atoms with van der Waals surface area (Å²) in [5, 5.41) is 0. The third-order valence-electron chi connectivity index (χ3n) is 4.29. The Bertz CT molecular complexity index is 780. The van der Waals surface area contributed by atoms with Crippen molar-refractivity contribution in [2.24, 2.45) is 0 Å². The van der Waals surface area contributed by atoms with Crippen LogP contribution in [-0.4, -0.2) is 34.4 Å². The van der Waals surface area contributed by atoms with Crippen LogP contribution >= 0.6 is 0 Å². The standard InChI is InChI=1S/C20H24O5/c1-12-7-14(17(22-3)8-13(12)2)9-15-10-16(20(21)25-6)19(24-5)11-18(15)23-4/h7-8,10-11H,9H2,1-6H3. The number of benzene rings is 2. The minimum Gasteiger partial charge on any atom is -0.496 e. The molecule has 0 heterocycles. The van der Waals surface area contributed by atoms with Crippen LogP contribution in [0.5, 0.6) is 17.2 Å². The van der Waals surface area contributed by atoms with E-state index >= 15 is 0 Å². The fraction of sp³-hybridized carbons (Fsp3) is 0.350. The van der Waals surface area contributed by atoms with Gasteiger partial charge >= 0.3 is 5.97 Å². The maximum atomic E-state index is 12.1. The third-order valence-corrected chi connectivity index (χ3v) is 4.29. The lowest BCUT2D eigenvalue weighted by atomic mass is 9.97. The van der Waals surface area contributed by atoms with Crippen molar-refractivity contribution in [3.8, 4) is 17.2 Å². The molecule has 0 bridgehead atoms. The Balaban J connectivity index is 2.55. The van der Waals surface area contributed by atoms with E-state index in [0.29, 0.717) is 23.5 Å². The largest absolute Gasteiger partial charge is 0.496 e. The van der Waals surface area contributed by atoms with Crippen molar-refractivity contribution in [3.05, 3.63) is 52.1 Å². The first-order valence-corrected chi connectivity index (χ1v) is 7.92. The van der Waals surface area contributed by atoms with Gasteiger partial charge in [0.25, 0.3) is 0 Å². The average molecular weight is 344 g/mol. The van der Waals surface area contributed by atoms with Gasteiger partial charge in [-0.15, -0.1) is 0 Å². The minimum absolute atomic E-state index is 0.364. The predicted molar refractivity (Wildman–Crippen MR) is 96.2 cm³/mol. The van der Waals surface area contributed by atoms with Gasteiger partial charge in [0.05, 0.1) is 28.4 Å². The molecular weight excluding hydrogens is 320 g/mol. The van der Waals surface area contributed by atoms with E-state index < -0.39 is 5.97 Å². The van der Waals surface area contributed by atoms with Crippen molar-refractivity contribution in [1.82, 2.24) is 0 Å². The van der Waals surface area contributed by atoms with Gasteiger partial charge in [-0.3, -0.25) is 0 Å². The van der Waals surface area contributed by atoms with Crippen molar-refractivity contribution >= 4 is 5.97 Å². The van der Waals surface area contributed by atoms with E-state index in [1.165, 1.54) is 19.8 Å². The molecule has 0 aromatic heterocycles. The second-order valence-electron chi connectivity index (χ2n) is 5.78. The summed E-state index contributed by atoms with van der Waals surface area (Å²) in [4.78, 5) is 12.1. The van der Waals surface area contributed by atoms with E-state index in [0.717, 1.165) is 22.4 Å². The summed E-state index contributed by atoms with van der Waals surface area (Å²) < 4.78 is 21.1. The molecule has 0 saturated carbocycles. The predicted octanol–water partition coefficient (Wildman–Crippen LogP) is 3.71. The van der Waals surface area contributed by atoms with E-state index in [1.54, 1.807) is 26.4 Å². The number of ether oxygens (including phenoxy) is 4. The summed E-state index contributed by atoms with van der Waals surface area (Å²) in [7, 11) is 6.09. The van der Waals surface area contributed by atoms with E-state index in [9.17, 15) is 4.79 Å². The Labute approximate surface area is 148 Å². The summed E-state index contributed by atoms with van der Waals surface area (Å²) in [6.45, 7) is 4.11. The van der Waals surface area contributed by atoms with Crippen LogP contribution in [-0.2, 0) is 11.2 Å². The summed E-state index contributed by atoms with van der Waals surface area (Å²) >= 11 is 0. The first-order chi connectivity index (χ1) is 11.9. The maximum Gasteiger partial charge on any atom is 0.341 e. The number of hydrogen-bond donors (Lipinski definition) is 0. The molecule has 2 rings (SSSR count). The molecule has 134 valence electrons. The monoisotopic (exact) mass is 344 g/mol. The minimum atomic E-state index is -0.451. The van der Waals surface area contributed by atoms with Crippen LogP contribution in [0, 0.1) is 13.8 Å². The molecule has 0 aliphatic rings. The van der Waals surface area contributed by atoms with Crippen molar-refractivity contribution in [3.63, 3.8) is 0 Å². The van der Waals surface area contributed by atoms with Gasteiger partial charge in [0, 0.05) is 12.5 Å². The molecule has 0 saturated heterocycles. The molecule has 0 amide bonds. The van der Waals surface area contributed by atoms with E-state index in [2.05, 4.69) is 13.0 Å². The molecule has 0 N–H and O–H groups in total. The van der Waals surface area contributed by atoms with Crippen LogP contribution in [0.15, 0.2) is 24.3 Å². The number of rotatable bonds is 6. The average Bonchev–Trinajstić information content (AvgIpc) is 2.63. The Morgan fingerprint density at radius 3 is 1.84 bits per heavy atom. The number of esters is 1. The van der Waals surface area contributed by atoms with Crippen LogP contribution in [0.3, 0.4) is 0 Å². The zero-order chi connectivity index (χ0) is 18.6.